The first-order valence-electron chi connectivity index (χ1n) is 9.72. The van der Waals surface area contributed by atoms with E-state index in [0.717, 1.165) is 5.17 Å². The van der Waals surface area contributed by atoms with E-state index in [1.807, 2.05) is 25.1 Å². The Morgan fingerprint density at radius 3 is 2.93 bits per heavy atom. The molecular formula is C19H25N5O5S. The summed E-state index contributed by atoms with van der Waals surface area (Å²) in [6, 6.07) is 6.91. The lowest BCUT2D eigenvalue weighted by atomic mass is 9.98. The fraction of sp³-hybridized carbons (Fsp3) is 0.526. The van der Waals surface area contributed by atoms with Gasteiger partial charge in [-0.25, -0.2) is 4.68 Å². The maximum Gasteiger partial charge on any atom is 0.159 e. The number of ether oxygens (including phenoxy) is 3. The van der Waals surface area contributed by atoms with Gasteiger partial charge in [0, 0.05) is 12.6 Å². The quantitative estimate of drug-likeness (QED) is 0.567. The lowest BCUT2D eigenvalue weighted by Gasteiger charge is -2.38. The van der Waals surface area contributed by atoms with Crippen LogP contribution in [-0.4, -0.2) is 73.8 Å². The first-order valence-corrected chi connectivity index (χ1v) is 10.6. The monoisotopic (exact) mass is 435 g/mol. The first kappa shape index (κ1) is 20.9. The van der Waals surface area contributed by atoms with Gasteiger partial charge in [0.25, 0.3) is 0 Å². The highest BCUT2D eigenvalue weighted by Gasteiger charge is 2.49. The minimum Gasteiger partial charge on any atom is -0.497 e. The molecule has 0 amide bonds. The minimum atomic E-state index is -1.05. The van der Waals surface area contributed by atoms with Crippen LogP contribution in [0, 0.1) is 0 Å². The first-order chi connectivity index (χ1) is 14.6. The molecule has 3 N–H and O–H groups in total. The maximum absolute atomic E-state index is 10.5. The number of aromatic nitrogens is 3. The predicted molar refractivity (Wildman–Crippen MR) is 111 cm³/mol. The Morgan fingerprint density at radius 2 is 2.13 bits per heavy atom. The molecule has 0 unspecified atom stereocenters. The molecule has 2 fully saturated rings. The van der Waals surface area contributed by atoms with Crippen LogP contribution in [0.15, 0.2) is 35.5 Å². The van der Waals surface area contributed by atoms with E-state index in [0.29, 0.717) is 23.7 Å². The van der Waals surface area contributed by atoms with Gasteiger partial charge >= 0.3 is 0 Å². The van der Waals surface area contributed by atoms with Crippen LogP contribution >= 0.6 is 11.8 Å². The Balaban J connectivity index is 1.35. The number of nitrogens with zero attached hydrogens (tertiary/aromatic N) is 4. The van der Waals surface area contributed by atoms with Gasteiger partial charge in [0.1, 0.15) is 47.5 Å². The number of hydrogen-bond acceptors (Lipinski definition) is 9. The molecule has 2 aliphatic heterocycles. The topological polar surface area (TPSA) is 123 Å². The minimum absolute atomic E-state index is 0.241. The summed E-state index contributed by atoms with van der Waals surface area (Å²) in [4.78, 5) is 4.32. The zero-order chi connectivity index (χ0) is 21.1. The molecule has 4 rings (SSSR count). The molecule has 3 heterocycles. The van der Waals surface area contributed by atoms with E-state index < -0.39 is 24.4 Å². The van der Waals surface area contributed by atoms with Crippen molar-refractivity contribution in [2.75, 3.05) is 13.7 Å². The van der Waals surface area contributed by atoms with Crippen LogP contribution < -0.4 is 14.8 Å². The Hall–Kier alpha value is -2.34. The van der Waals surface area contributed by atoms with Gasteiger partial charge < -0.3 is 29.7 Å². The number of aliphatic imine (C=N–C) groups is 1. The SMILES string of the molecule is CCN=C1N[C@@H]2[C@@H](O)[C@H](O)[C@@H](Cn3cc(COc4cccc(OC)c4)nn3)O[C@@H]2S1. The van der Waals surface area contributed by atoms with Gasteiger partial charge in [-0.1, -0.05) is 23.0 Å². The van der Waals surface area contributed by atoms with Crippen LogP contribution in [0.25, 0.3) is 0 Å². The Kier molecular flexibility index (Phi) is 6.42. The summed E-state index contributed by atoms with van der Waals surface area (Å²) in [5.74, 6) is 1.38. The third kappa shape index (κ3) is 4.53. The van der Waals surface area contributed by atoms with Gasteiger partial charge in [0.15, 0.2) is 5.17 Å². The standard InChI is InChI=1S/C19H25N5O5S/c1-3-20-19-21-15-17(26)16(25)14(29-18(15)30-19)9-24-8-11(22-23-24)10-28-13-6-4-5-12(7-13)27-2/h4-8,14-18,25-26H,3,9-10H2,1-2H3,(H,20,21)/t14-,15-,16-,17-,18-/m1/s1. The molecule has 162 valence electrons. The van der Waals surface area contributed by atoms with Crippen molar-refractivity contribution in [2.24, 2.45) is 4.99 Å². The third-order valence-corrected chi connectivity index (χ3v) is 6.01. The van der Waals surface area contributed by atoms with Gasteiger partial charge in [-0.05, 0) is 19.1 Å². The largest absolute Gasteiger partial charge is 0.497 e. The second-order valence-corrected chi connectivity index (χ2v) is 8.08. The summed E-state index contributed by atoms with van der Waals surface area (Å²) in [6.07, 6.45) is -0.907. The molecule has 30 heavy (non-hydrogen) atoms. The molecule has 0 saturated carbocycles. The van der Waals surface area contributed by atoms with Gasteiger partial charge in [0.05, 0.1) is 25.9 Å². The number of aliphatic hydroxyl groups is 2. The van der Waals surface area contributed by atoms with E-state index in [1.54, 1.807) is 24.1 Å². The summed E-state index contributed by atoms with van der Waals surface area (Å²) in [5.41, 5.74) is 0.314. The zero-order valence-electron chi connectivity index (χ0n) is 16.7. The van der Waals surface area contributed by atoms with Gasteiger partial charge in [0.2, 0.25) is 0 Å². The van der Waals surface area contributed by atoms with Crippen LogP contribution in [0.5, 0.6) is 11.5 Å². The molecule has 0 bridgehead atoms. The van der Waals surface area contributed by atoms with Crippen LogP contribution in [0.4, 0.5) is 0 Å². The number of aliphatic hydroxyl groups excluding tert-OH is 2. The lowest BCUT2D eigenvalue weighted by molar-refractivity contribution is -0.160. The summed E-state index contributed by atoms with van der Waals surface area (Å²) in [5, 5.41) is 33.0. The molecule has 5 atom stereocenters. The molecule has 2 saturated heterocycles. The molecular weight excluding hydrogens is 410 g/mol. The second kappa shape index (κ2) is 9.21. The van der Waals surface area contributed by atoms with Crippen molar-refractivity contribution in [1.29, 1.82) is 0 Å². The summed E-state index contributed by atoms with van der Waals surface area (Å²) < 4.78 is 18.5. The van der Waals surface area contributed by atoms with E-state index >= 15 is 0 Å². The summed E-state index contributed by atoms with van der Waals surface area (Å²) in [7, 11) is 1.60. The summed E-state index contributed by atoms with van der Waals surface area (Å²) >= 11 is 1.42. The molecule has 2 aromatic rings. The van der Waals surface area contributed by atoms with Crippen molar-refractivity contribution >= 4 is 16.9 Å². The Bertz CT molecular complexity index is 894. The smallest absolute Gasteiger partial charge is 0.159 e. The average molecular weight is 436 g/mol. The highest BCUT2D eigenvalue weighted by molar-refractivity contribution is 8.14. The van der Waals surface area contributed by atoms with Crippen molar-refractivity contribution in [3.8, 4) is 11.5 Å². The zero-order valence-corrected chi connectivity index (χ0v) is 17.5. The number of rotatable bonds is 7. The number of fused-ring (bicyclic) bond motifs is 1. The number of nitrogens with one attached hydrogen (secondary N) is 1. The summed E-state index contributed by atoms with van der Waals surface area (Å²) in [6.45, 7) is 3.07. The molecule has 0 spiro atoms. The molecule has 2 aliphatic rings. The molecule has 10 nitrogen and oxygen atoms in total. The van der Waals surface area contributed by atoms with Crippen LogP contribution in [0.3, 0.4) is 0 Å². The average Bonchev–Trinajstić information content (AvgIpc) is 3.37. The van der Waals surface area contributed by atoms with Gasteiger partial charge in [-0.15, -0.1) is 5.10 Å². The molecule has 11 heteroatoms. The number of benzene rings is 1. The van der Waals surface area contributed by atoms with Crippen molar-refractivity contribution in [3.05, 3.63) is 36.2 Å². The van der Waals surface area contributed by atoms with E-state index in [-0.39, 0.29) is 18.6 Å². The van der Waals surface area contributed by atoms with Crippen LogP contribution in [0.1, 0.15) is 12.6 Å². The Labute approximate surface area is 178 Å². The molecule has 1 aromatic carbocycles. The van der Waals surface area contributed by atoms with E-state index in [1.165, 1.54) is 11.8 Å². The molecule has 0 aliphatic carbocycles. The van der Waals surface area contributed by atoms with E-state index in [2.05, 4.69) is 20.6 Å². The van der Waals surface area contributed by atoms with Crippen LogP contribution in [-0.2, 0) is 17.9 Å². The predicted octanol–water partition coefficient (Wildman–Crippen LogP) is 0.393. The van der Waals surface area contributed by atoms with Crippen molar-refractivity contribution in [1.82, 2.24) is 20.3 Å². The number of amidine groups is 1. The molecule has 0 radical (unpaired) electrons. The van der Waals surface area contributed by atoms with Crippen LogP contribution in [0.2, 0.25) is 0 Å². The van der Waals surface area contributed by atoms with Gasteiger partial charge in [-0.2, -0.15) is 0 Å². The fourth-order valence-corrected chi connectivity index (χ4v) is 4.58. The maximum atomic E-state index is 10.5. The number of methoxy groups -OCH3 is 1. The van der Waals surface area contributed by atoms with E-state index in [4.69, 9.17) is 14.2 Å². The third-order valence-electron chi connectivity index (χ3n) is 4.90. The lowest BCUT2D eigenvalue weighted by Crippen LogP contribution is -2.59. The van der Waals surface area contributed by atoms with Crippen molar-refractivity contribution in [3.63, 3.8) is 0 Å². The van der Waals surface area contributed by atoms with E-state index in [9.17, 15) is 10.2 Å². The second-order valence-electron chi connectivity index (χ2n) is 6.99. The highest BCUT2D eigenvalue weighted by Crippen LogP contribution is 2.34. The number of thioether (sulfide) groups is 1. The fourth-order valence-electron chi connectivity index (χ4n) is 3.38. The Morgan fingerprint density at radius 1 is 1.30 bits per heavy atom. The normalized spacial score (nSPS) is 29.5. The van der Waals surface area contributed by atoms with Crippen molar-refractivity contribution < 1.29 is 24.4 Å². The van der Waals surface area contributed by atoms with Crippen molar-refractivity contribution in [2.45, 2.75) is 49.9 Å². The van der Waals surface area contributed by atoms with Gasteiger partial charge in [-0.3, -0.25) is 4.99 Å². The molecule has 1 aromatic heterocycles. The highest BCUT2D eigenvalue weighted by atomic mass is 32.2. The number of hydrogen-bond donors (Lipinski definition) is 3.